The number of amides is 1. The predicted molar refractivity (Wildman–Crippen MR) is 66.3 cm³/mol. The van der Waals surface area contributed by atoms with E-state index in [-0.39, 0.29) is 5.56 Å². The van der Waals surface area contributed by atoms with E-state index in [0.717, 1.165) is 19.2 Å². The highest BCUT2D eigenvalue weighted by atomic mass is 19.1. The zero-order valence-corrected chi connectivity index (χ0v) is 10.8. The number of morpholine rings is 1. The SMILES string of the molecule is COc1c([N+](=O)[O-])ccc(C(=O)N2CCOCC2)c1F. The van der Waals surface area contributed by atoms with Crippen LogP contribution in [-0.2, 0) is 4.74 Å². The molecule has 2 rings (SSSR count). The lowest BCUT2D eigenvalue weighted by molar-refractivity contribution is -0.386. The number of ether oxygens (including phenoxy) is 2. The zero-order valence-electron chi connectivity index (χ0n) is 10.8. The maximum absolute atomic E-state index is 14.2. The van der Waals surface area contributed by atoms with E-state index in [4.69, 9.17) is 9.47 Å². The van der Waals surface area contributed by atoms with E-state index in [1.54, 1.807) is 0 Å². The van der Waals surface area contributed by atoms with Crippen LogP contribution in [0, 0.1) is 15.9 Å². The summed E-state index contributed by atoms with van der Waals surface area (Å²) in [5.74, 6) is -2.08. The second kappa shape index (κ2) is 5.83. The first-order chi connectivity index (χ1) is 9.56. The highest BCUT2D eigenvalue weighted by molar-refractivity contribution is 5.95. The van der Waals surface area contributed by atoms with E-state index in [1.807, 2.05) is 0 Å². The number of carbonyl (C=O) groups excluding carboxylic acids is 1. The fraction of sp³-hybridized carbons (Fsp3) is 0.417. The van der Waals surface area contributed by atoms with Crippen molar-refractivity contribution in [2.45, 2.75) is 0 Å². The molecule has 0 radical (unpaired) electrons. The quantitative estimate of drug-likeness (QED) is 0.615. The number of hydrogen-bond acceptors (Lipinski definition) is 5. The molecule has 1 aromatic rings. The third-order valence-corrected chi connectivity index (χ3v) is 3.01. The number of rotatable bonds is 3. The van der Waals surface area contributed by atoms with Crippen molar-refractivity contribution in [2.24, 2.45) is 0 Å². The Bertz CT molecular complexity index is 543. The van der Waals surface area contributed by atoms with Crippen molar-refractivity contribution in [3.05, 3.63) is 33.6 Å². The van der Waals surface area contributed by atoms with E-state index in [0.29, 0.717) is 26.3 Å². The van der Waals surface area contributed by atoms with E-state index >= 15 is 0 Å². The van der Waals surface area contributed by atoms with Gasteiger partial charge in [-0.1, -0.05) is 0 Å². The Morgan fingerprint density at radius 3 is 2.65 bits per heavy atom. The Hall–Kier alpha value is -2.22. The van der Waals surface area contributed by atoms with Crippen molar-refractivity contribution in [3.8, 4) is 5.75 Å². The van der Waals surface area contributed by atoms with Gasteiger partial charge in [0.2, 0.25) is 5.75 Å². The molecule has 0 saturated carbocycles. The van der Waals surface area contributed by atoms with Crippen LogP contribution >= 0.6 is 0 Å². The minimum absolute atomic E-state index is 0.241. The van der Waals surface area contributed by atoms with Crippen LogP contribution in [0.3, 0.4) is 0 Å². The first-order valence-corrected chi connectivity index (χ1v) is 5.94. The molecule has 0 spiro atoms. The Morgan fingerprint density at radius 1 is 1.45 bits per heavy atom. The number of nitro groups is 1. The molecule has 8 heteroatoms. The predicted octanol–water partition coefficient (Wildman–Crippen LogP) is 1.21. The molecule has 0 unspecified atom stereocenters. The van der Waals surface area contributed by atoms with Gasteiger partial charge in [0, 0.05) is 19.2 Å². The molecule has 20 heavy (non-hydrogen) atoms. The van der Waals surface area contributed by atoms with Crippen LogP contribution in [-0.4, -0.2) is 49.1 Å². The van der Waals surface area contributed by atoms with Gasteiger partial charge in [0.05, 0.1) is 30.8 Å². The molecule has 1 aliphatic rings. The molecule has 0 N–H and O–H groups in total. The average Bonchev–Trinajstić information content (AvgIpc) is 2.47. The average molecular weight is 284 g/mol. The van der Waals surface area contributed by atoms with Gasteiger partial charge in [0.1, 0.15) is 0 Å². The van der Waals surface area contributed by atoms with E-state index in [9.17, 15) is 19.3 Å². The van der Waals surface area contributed by atoms with Crippen molar-refractivity contribution in [2.75, 3.05) is 33.4 Å². The number of halogens is 1. The van der Waals surface area contributed by atoms with E-state index in [2.05, 4.69) is 0 Å². The first-order valence-electron chi connectivity index (χ1n) is 5.94. The summed E-state index contributed by atoms with van der Waals surface area (Å²) in [7, 11) is 1.12. The molecule has 0 aromatic heterocycles. The van der Waals surface area contributed by atoms with Crippen LogP contribution in [0.25, 0.3) is 0 Å². The first kappa shape index (κ1) is 14.2. The van der Waals surface area contributed by atoms with Gasteiger partial charge in [-0.2, -0.15) is 0 Å². The summed E-state index contributed by atoms with van der Waals surface area (Å²) < 4.78 is 24.0. The maximum Gasteiger partial charge on any atom is 0.314 e. The van der Waals surface area contributed by atoms with Crippen molar-refractivity contribution in [1.82, 2.24) is 4.90 Å². The summed E-state index contributed by atoms with van der Waals surface area (Å²) in [6.07, 6.45) is 0. The monoisotopic (exact) mass is 284 g/mol. The lowest BCUT2D eigenvalue weighted by Crippen LogP contribution is -2.41. The zero-order chi connectivity index (χ0) is 14.7. The summed E-state index contributed by atoms with van der Waals surface area (Å²) in [6, 6.07) is 2.17. The van der Waals surface area contributed by atoms with E-state index in [1.165, 1.54) is 4.90 Å². The Kier molecular flexibility index (Phi) is 4.14. The molecule has 108 valence electrons. The normalized spacial score (nSPS) is 15.0. The molecule has 0 bridgehead atoms. The molecular weight excluding hydrogens is 271 g/mol. The molecule has 1 aliphatic heterocycles. The number of nitrogens with zero attached hydrogens (tertiary/aromatic N) is 2. The molecule has 0 aliphatic carbocycles. The van der Waals surface area contributed by atoms with Crippen LogP contribution in [0.1, 0.15) is 10.4 Å². The van der Waals surface area contributed by atoms with Gasteiger partial charge < -0.3 is 14.4 Å². The van der Waals surface area contributed by atoms with Gasteiger partial charge >= 0.3 is 5.69 Å². The van der Waals surface area contributed by atoms with Crippen LogP contribution in [0.15, 0.2) is 12.1 Å². The number of benzene rings is 1. The molecule has 1 aromatic carbocycles. The molecule has 7 nitrogen and oxygen atoms in total. The largest absolute Gasteiger partial charge is 0.488 e. The Labute approximate surface area is 114 Å². The Balaban J connectivity index is 2.37. The molecule has 1 fully saturated rings. The van der Waals surface area contributed by atoms with Crippen LogP contribution in [0.5, 0.6) is 5.75 Å². The van der Waals surface area contributed by atoms with Crippen molar-refractivity contribution in [3.63, 3.8) is 0 Å². The Morgan fingerprint density at radius 2 is 2.10 bits per heavy atom. The van der Waals surface area contributed by atoms with Crippen LogP contribution in [0.2, 0.25) is 0 Å². The van der Waals surface area contributed by atoms with E-state index < -0.39 is 28.1 Å². The highest BCUT2D eigenvalue weighted by Gasteiger charge is 2.28. The summed E-state index contributed by atoms with van der Waals surface area (Å²) in [5.41, 5.74) is -0.752. The molecule has 1 amide bonds. The van der Waals surface area contributed by atoms with Crippen molar-refractivity contribution < 1.29 is 23.6 Å². The summed E-state index contributed by atoms with van der Waals surface area (Å²) in [6.45, 7) is 1.49. The standard InChI is InChI=1S/C12H13FN2O5/c1-19-11-9(15(17)18)3-2-8(10(11)13)12(16)14-4-6-20-7-5-14/h2-3H,4-7H2,1H3. The molecule has 1 saturated heterocycles. The fourth-order valence-electron chi connectivity index (χ4n) is 1.99. The van der Waals surface area contributed by atoms with Crippen molar-refractivity contribution >= 4 is 11.6 Å². The summed E-state index contributed by atoms with van der Waals surface area (Å²) >= 11 is 0. The van der Waals surface area contributed by atoms with Crippen molar-refractivity contribution in [1.29, 1.82) is 0 Å². The van der Waals surface area contributed by atoms with Crippen LogP contribution < -0.4 is 4.74 Å². The number of nitro benzene ring substituents is 1. The topological polar surface area (TPSA) is 81.9 Å². The number of hydrogen-bond donors (Lipinski definition) is 0. The van der Waals surface area contributed by atoms with Gasteiger partial charge in [0.25, 0.3) is 5.91 Å². The molecule has 0 atom stereocenters. The van der Waals surface area contributed by atoms with Gasteiger partial charge in [-0.15, -0.1) is 0 Å². The highest BCUT2D eigenvalue weighted by Crippen LogP contribution is 2.32. The van der Waals surface area contributed by atoms with Gasteiger partial charge in [-0.05, 0) is 6.07 Å². The van der Waals surface area contributed by atoms with Gasteiger partial charge in [0.15, 0.2) is 5.82 Å². The fourth-order valence-corrected chi connectivity index (χ4v) is 1.99. The minimum atomic E-state index is -1.02. The van der Waals surface area contributed by atoms with Crippen LogP contribution in [0.4, 0.5) is 10.1 Å². The summed E-state index contributed by atoms with van der Waals surface area (Å²) in [5, 5.41) is 10.8. The van der Waals surface area contributed by atoms with Gasteiger partial charge in [-0.25, -0.2) is 4.39 Å². The smallest absolute Gasteiger partial charge is 0.314 e. The molecular formula is C12H13FN2O5. The lowest BCUT2D eigenvalue weighted by Gasteiger charge is -2.27. The minimum Gasteiger partial charge on any atom is -0.488 e. The number of carbonyl (C=O) groups is 1. The second-order valence-electron chi connectivity index (χ2n) is 4.14. The maximum atomic E-state index is 14.2. The third kappa shape index (κ3) is 2.55. The summed E-state index contributed by atoms with van der Waals surface area (Å²) in [4.78, 5) is 23.6. The van der Waals surface area contributed by atoms with Gasteiger partial charge in [-0.3, -0.25) is 14.9 Å². The third-order valence-electron chi connectivity index (χ3n) is 3.01. The second-order valence-corrected chi connectivity index (χ2v) is 4.14. The number of methoxy groups -OCH3 is 1. The molecule has 1 heterocycles. The lowest BCUT2D eigenvalue weighted by atomic mass is 10.1.